The molecule has 0 aliphatic rings. The molecule has 0 heterocycles. The molecule has 0 saturated carbocycles. The van der Waals surface area contributed by atoms with Crippen molar-refractivity contribution >= 4 is 5.97 Å². The average Bonchev–Trinajstić information content (AvgIpc) is 2.50. The first-order valence-electron chi connectivity index (χ1n) is 8.48. The van der Waals surface area contributed by atoms with E-state index in [4.69, 9.17) is 0 Å². The average molecular weight is 292 g/mol. The molecule has 0 aliphatic carbocycles. The van der Waals surface area contributed by atoms with Crippen LogP contribution in [0.15, 0.2) is 12.2 Å². The van der Waals surface area contributed by atoms with Gasteiger partial charge in [-0.1, -0.05) is 44.8 Å². The van der Waals surface area contributed by atoms with E-state index >= 15 is 0 Å². The summed E-state index contributed by atoms with van der Waals surface area (Å²) < 4.78 is 4.61. The molecule has 0 aromatic heterocycles. The highest BCUT2D eigenvalue weighted by Crippen LogP contribution is 2.08. The van der Waals surface area contributed by atoms with Crippen LogP contribution in [0.1, 0.15) is 84.0 Å². The maximum Gasteiger partial charge on any atom is 0.305 e. The zero-order valence-electron chi connectivity index (χ0n) is 14.0. The number of hydrogen-bond donors (Lipinski definition) is 0. The van der Waals surface area contributed by atoms with Gasteiger partial charge in [-0.15, -0.1) is 11.8 Å². The third-order valence-electron chi connectivity index (χ3n) is 3.36. The zero-order valence-corrected chi connectivity index (χ0v) is 14.0. The standard InChI is InChI=1S/C19H32O2/c1-3-4-5-6-7-8-9-10-11-12-13-14-15-16-17-18-19(20)21-2/h10-11H,3-5,8-9,12-18H2,1-2H3/b11-10-. The number of methoxy groups -OCH3 is 1. The lowest BCUT2D eigenvalue weighted by Gasteiger charge is -1.99. The van der Waals surface area contributed by atoms with E-state index in [-0.39, 0.29) is 5.97 Å². The first kappa shape index (κ1) is 19.8. The third-order valence-corrected chi connectivity index (χ3v) is 3.36. The number of ether oxygens (including phenoxy) is 1. The second-order valence-electron chi connectivity index (χ2n) is 5.35. The maximum atomic E-state index is 10.9. The summed E-state index contributed by atoms with van der Waals surface area (Å²) in [6, 6.07) is 0. The van der Waals surface area contributed by atoms with Gasteiger partial charge >= 0.3 is 5.97 Å². The number of rotatable bonds is 12. The second-order valence-corrected chi connectivity index (χ2v) is 5.35. The summed E-state index contributed by atoms with van der Waals surface area (Å²) in [4.78, 5) is 10.9. The second kappa shape index (κ2) is 16.8. The van der Waals surface area contributed by atoms with E-state index in [1.807, 2.05) is 0 Å². The van der Waals surface area contributed by atoms with Crippen LogP contribution in [0.2, 0.25) is 0 Å². The molecule has 0 atom stereocenters. The van der Waals surface area contributed by atoms with Gasteiger partial charge in [-0.2, -0.15) is 0 Å². The van der Waals surface area contributed by atoms with Crippen molar-refractivity contribution in [1.82, 2.24) is 0 Å². The molecular weight excluding hydrogens is 260 g/mol. The Morgan fingerprint density at radius 1 is 0.905 bits per heavy atom. The zero-order chi connectivity index (χ0) is 15.6. The van der Waals surface area contributed by atoms with Gasteiger partial charge in [0, 0.05) is 19.3 Å². The fourth-order valence-electron chi connectivity index (χ4n) is 2.00. The van der Waals surface area contributed by atoms with Gasteiger partial charge in [-0.25, -0.2) is 0 Å². The van der Waals surface area contributed by atoms with Gasteiger partial charge in [0.1, 0.15) is 0 Å². The van der Waals surface area contributed by atoms with Crippen molar-refractivity contribution < 1.29 is 9.53 Å². The van der Waals surface area contributed by atoms with Crippen molar-refractivity contribution in [2.75, 3.05) is 7.11 Å². The SMILES string of the molecule is CCCCC#CCC/C=C\CCCCCCCC(=O)OC. The largest absolute Gasteiger partial charge is 0.469 e. The van der Waals surface area contributed by atoms with Gasteiger partial charge in [0.2, 0.25) is 0 Å². The highest BCUT2D eigenvalue weighted by Gasteiger charge is 1.98. The number of carbonyl (C=O) groups excluding carboxylic acids is 1. The number of carbonyl (C=O) groups is 1. The topological polar surface area (TPSA) is 26.3 Å². The van der Waals surface area contributed by atoms with E-state index in [1.165, 1.54) is 45.6 Å². The lowest BCUT2D eigenvalue weighted by atomic mass is 10.1. The van der Waals surface area contributed by atoms with E-state index in [2.05, 4.69) is 35.7 Å². The molecule has 0 aliphatic heterocycles. The predicted octanol–water partition coefficient (Wildman–Crippen LogP) is 5.42. The summed E-state index contributed by atoms with van der Waals surface area (Å²) in [6.07, 6.45) is 17.7. The summed E-state index contributed by atoms with van der Waals surface area (Å²) in [7, 11) is 1.45. The molecule has 120 valence electrons. The molecule has 0 aromatic carbocycles. The van der Waals surface area contributed by atoms with E-state index < -0.39 is 0 Å². The molecular formula is C19H32O2. The van der Waals surface area contributed by atoms with Crippen LogP contribution in [-0.4, -0.2) is 13.1 Å². The monoisotopic (exact) mass is 292 g/mol. The first-order valence-corrected chi connectivity index (χ1v) is 8.48. The van der Waals surface area contributed by atoms with Crippen molar-refractivity contribution in [2.45, 2.75) is 84.0 Å². The summed E-state index contributed by atoms with van der Waals surface area (Å²) >= 11 is 0. The highest BCUT2D eigenvalue weighted by atomic mass is 16.5. The minimum absolute atomic E-state index is 0.0873. The van der Waals surface area contributed by atoms with Crippen molar-refractivity contribution in [3.05, 3.63) is 12.2 Å². The molecule has 0 fully saturated rings. The van der Waals surface area contributed by atoms with Gasteiger partial charge in [-0.3, -0.25) is 4.79 Å². The first-order chi connectivity index (χ1) is 10.3. The Balaban J connectivity index is 3.21. The molecule has 0 saturated heterocycles. The molecule has 0 N–H and O–H groups in total. The van der Waals surface area contributed by atoms with Gasteiger partial charge in [-0.05, 0) is 32.1 Å². The van der Waals surface area contributed by atoms with Crippen molar-refractivity contribution in [1.29, 1.82) is 0 Å². The van der Waals surface area contributed by atoms with Crippen LogP contribution in [0.4, 0.5) is 0 Å². The third kappa shape index (κ3) is 16.7. The van der Waals surface area contributed by atoms with Crippen LogP contribution < -0.4 is 0 Å². The Morgan fingerprint density at radius 3 is 2.33 bits per heavy atom. The Morgan fingerprint density at radius 2 is 1.57 bits per heavy atom. The molecule has 2 nitrogen and oxygen atoms in total. The van der Waals surface area contributed by atoms with Crippen LogP contribution in [-0.2, 0) is 9.53 Å². The maximum absolute atomic E-state index is 10.9. The predicted molar refractivity (Wildman–Crippen MR) is 90.0 cm³/mol. The summed E-state index contributed by atoms with van der Waals surface area (Å²) in [5.41, 5.74) is 0. The van der Waals surface area contributed by atoms with E-state index in [9.17, 15) is 4.79 Å². The molecule has 21 heavy (non-hydrogen) atoms. The quantitative estimate of drug-likeness (QED) is 0.208. The molecule has 0 radical (unpaired) electrons. The van der Waals surface area contributed by atoms with Crippen LogP contribution in [0, 0.1) is 11.8 Å². The van der Waals surface area contributed by atoms with Crippen LogP contribution in [0.3, 0.4) is 0 Å². The minimum atomic E-state index is -0.0873. The van der Waals surface area contributed by atoms with Crippen molar-refractivity contribution in [3.63, 3.8) is 0 Å². The summed E-state index contributed by atoms with van der Waals surface area (Å²) in [5, 5.41) is 0. The molecule has 0 aromatic rings. The van der Waals surface area contributed by atoms with Gasteiger partial charge in [0.15, 0.2) is 0 Å². The van der Waals surface area contributed by atoms with E-state index in [0.717, 1.165) is 32.1 Å². The Bertz CT molecular complexity index is 320. The molecule has 0 spiro atoms. The fraction of sp³-hybridized carbons (Fsp3) is 0.737. The smallest absolute Gasteiger partial charge is 0.305 e. The lowest BCUT2D eigenvalue weighted by Crippen LogP contribution is -1.98. The van der Waals surface area contributed by atoms with Crippen LogP contribution >= 0.6 is 0 Å². The molecule has 2 heteroatoms. The summed E-state index contributed by atoms with van der Waals surface area (Å²) in [5.74, 6) is 6.35. The van der Waals surface area contributed by atoms with Crippen molar-refractivity contribution in [3.8, 4) is 11.8 Å². The van der Waals surface area contributed by atoms with Crippen LogP contribution in [0.25, 0.3) is 0 Å². The normalized spacial score (nSPS) is 10.4. The number of hydrogen-bond acceptors (Lipinski definition) is 2. The fourth-order valence-corrected chi connectivity index (χ4v) is 2.00. The number of unbranched alkanes of at least 4 members (excludes halogenated alkanes) is 8. The number of esters is 1. The number of allylic oxidation sites excluding steroid dienone is 2. The Kier molecular flexibility index (Phi) is 15.8. The van der Waals surface area contributed by atoms with E-state index in [0.29, 0.717) is 6.42 Å². The Labute approximate surface area is 131 Å². The summed E-state index contributed by atoms with van der Waals surface area (Å²) in [6.45, 7) is 2.20. The van der Waals surface area contributed by atoms with E-state index in [1.54, 1.807) is 0 Å². The molecule has 0 unspecified atom stereocenters. The molecule has 0 amide bonds. The lowest BCUT2D eigenvalue weighted by molar-refractivity contribution is -0.140. The molecule has 0 bridgehead atoms. The van der Waals surface area contributed by atoms with Gasteiger partial charge < -0.3 is 4.74 Å². The minimum Gasteiger partial charge on any atom is -0.469 e. The van der Waals surface area contributed by atoms with Gasteiger partial charge in [0.05, 0.1) is 7.11 Å². The van der Waals surface area contributed by atoms with Crippen LogP contribution in [0.5, 0.6) is 0 Å². The Hall–Kier alpha value is -1.23. The molecule has 0 rings (SSSR count). The van der Waals surface area contributed by atoms with Gasteiger partial charge in [0.25, 0.3) is 0 Å². The highest BCUT2D eigenvalue weighted by molar-refractivity contribution is 5.68. The van der Waals surface area contributed by atoms with Crippen molar-refractivity contribution in [2.24, 2.45) is 0 Å².